The zero-order valence-electron chi connectivity index (χ0n) is 15.8. The molecule has 27 heavy (non-hydrogen) atoms. The third kappa shape index (κ3) is 4.84. The number of benzene rings is 2. The summed E-state index contributed by atoms with van der Waals surface area (Å²) >= 11 is 0. The molecule has 0 spiro atoms. The largest absolute Gasteiger partial charge is 0.497 e. The average Bonchev–Trinajstić information content (AvgIpc) is 2.70. The first kappa shape index (κ1) is 19.3. The van der Waals surface area contributed by atoms with E-state index < -0.39 is 5.82 Å². The van der Waals surface area contributed by atoms with Gasteiger partial charge in [-0.05, 0) is 36.9 Å². The summed E-state index contributed by atoms with van der Waals surface area (Å²) in [5, 5.41) is 2.91. The van der Waals surface area contributed by atoms with Crippen LogP contribution < -0.4 is 10.1 Å². The van der Waals surface area contributed by atoms with Crippen molar-refractivity contribution in [1.29, 1.82) is 0 Å². The van der Waals surface area contributed by atoms with Gasteiger partial charge < -0.3 is 15.0 Å². The summed E-state index contributed by atoms with van der Waals surface area (Å²) in [5.74, 6) is -0.0948. The van der Waals surface area contributed by atoms with Gasteiger partial charge in [-0.25, -0.2) is 4.39 Å². The molecule has 2 aromatic rings. The summed E-state index contributed by atoms with van der Waals surface area (Å²) < 4.78 is 19.1. The van der Waals surface area contributed by atoms with Gasteiger partial charge in [0, 0.05) is 32.7 Å². The van der Waals surface area contributed by atoms with Crippen LogP contribution in [0.25, 0.3) is 0 Å². The van der Waals surface area contributed by atoms with Crippen LogP contribution in [0.5, 0.6) is 5.75 Å². The molecule has 1 unspecified atom stereocenters. The number of carbonyl (C=O) groups excluding carboxylic acids is 1. The molecule has 1 fully saturated rings. The van der Waals surface area contributed by atoms with Gasteiger partial charge >= 0.3 is 0 Å². The first-order chi connectivity index (χ1) is 13.1. The number of nitrogens with one attached hydrogen (secondary N) is 1. The fourth-order valence-electron chi connectivity index (χ4n) is 3.35. The van der Waals surface area contributed by atoms with Crippen LogP contribution in [0, 0.1) is 5.82 Å². The van der Waals surface area contributed by atoms with Crippen molar-refractivity contribution in [3.63, 3.8) is 0 Å². The van der Waals surface area contributed by atoms with Gasteiger partial charge in [-0.2, -0.15) is 0 Å². The van der Waals surface area contributed by atoms with Crippen LogP contribution in [0.2, 0.25) is 0 Å². The zero-order valence-corrected chi connectivity index (χ0v) is 15.8. The number of halogens is 1. The number of piperazine rings is 1. The molecule has 144 valence electrons. The van der Waals surface area contributed by atoms with Crippen LogP contribution in [-0.4, -0.2) is 62.6 Å². The van der Waals surface area contributed by atoms with Crippen LogP contribution in [0.1, 0.15) is 22.0 Å². The number of nitrogens with zero attached hydrogens (tertiary/aromatic N) is 2. The number of amides is 1. The molecule has 1 saturated heterocycles. The van der Waals surface area contributed by atoms with Gasteiger partial charge in [0.1, 0.15) is 11.6 Å². The van der Waals surface area contributed by atoms with Gasteiger partial charge in [0.05, 0.1) is 18.7 Å². The molecule has 3 rings (SSSR count). The van der Waals surface area contributed by atoms with E-state index in [1.165, 1.54) is 12.1 Å². The Kier molecular flexibility index (Phi) is 6.42. The van der Waals surface area contributed by atoms with Gasteiger partial charge in [0.25, 0.3) is 5.91 Å². The maximum atomic E-state index is 13.9. The van der Waals surface area contributed by atoms with E-state index in [0.29, 0.717) is 6.54 Å². The Morgan fingerprint density at radius 1 is 1.11 bits per heavy atom. The molecule has 5 nitrogen and oxygen atoms in total. The lowest BCUT2D eigenvalue weighted by Crippen LogP contribution is -2.48. The topological polar surface area (TPSA) is 44.8 Å². The number of carbonyl (C=O) groups is 1. The minimum absolute atomic E-state index is 0.0281. The number of methoxy groups -OCH3 is 1. The quantitative estimate of drug-likeness (QED) is 0.848. The Hall–Kier alpha value is -2.44. The van der Waals surface area contributed by atoms with E-state index >= 15 is 0 Å². The van der Waals surface area contributed by atoms with Crippen molar-refractivity contribution in [3.05, 3.63) is 65.5 Å². The highest BCUT2D eigenvalue weighted by atomic mass is 19.1. The van der Waals surface area contributed by atoms with E-state index in [1.807, 2.05) is 24.3 Å². The fourth-order valence-corrected chi connectivity index (χ4v) is 3.35. The predicted octanol–water partition coefficient (Wildman–Crippen LogP) is 2.55. The van der Waals surface area contributed by atoms with E-state index in [4.69, 9.17) is 4.74 Å². The maximum absolute atomic E-state index is 13.9. The molecule has 0 aromatic heterocycles. The first-order valence-corrected chi connectivity index (χ1v) is 9.17. The lowest BCUT2D eigenvalue weighted by Gasteiger charge is -2.38. The Morgan fingerprint density at radius 2 is 1.78 bits per heavy atom. The molecule has 0 aliphatic carbocycles. The maximum Gasteiger partial charge on any atom is 0.254 e. The molecule has 1 N–H and O–H groups in total. The Labute approximate surface area is 159 Å². The van der Waals surface area contributed by atoms with Gasteiger partial charge in [-0.15, -0.1) is 0 Å². The van der Waals surface area contributed by atoms with E-state index in [-0.39, 0.29) is 17.5 Å². The zero-order chi connectivity index (χ0) is 19.2. The van der Waals surface area contributed by atoms with Gasteiger partial charge in [0.15, 0.2) is 0 Å². The molecule has 0 bridgehead atoms. The number of hydrogen-bond donors (Lipinski definition) is 1. The minimum Gasteiger partial charge on any atom is -0.497 e. The number of ether oxygens (including phenoxy) is 1. The van der Waals surface area contributed by atoms with Crippen LogP contribution in [0.3, 0.4) is 0 Å². The van der Waals surface area contributed by atoms with Crippen LogP contribution in [0.15, 0.2) is 48.5 Å². The summed E-state index contributed by atoms with van der Waals surface area (Å²) in [5.41, 5.74) is 1.18. The van der Waals surface area contributed by atoms with Crippen LogP contribution in [0.4, 0.5) is 4.39 Å². The monoisotopic (exact) mass is 371 g/mol. The third-order valence-corrected chi connectivity index (χ3v) is 5.05. The van der Waals surface area contributed by atoms with Crippen molar-refractivity contribution in [2.45, 2.75) is 6.04 Å². The van der Waals surface area contributed by atoms with E-state index in [1.54, 1.807) is 19.2 Å². The molecule has 1 heterocycles. The summed E-state index contributed by atoms with van der Waals surface area (Å²) in [4.78, 5) is 17.1. The predicted molar refractivity (Wildman–Crippen MR) is 104 cm³/mol. The van der Waals surface area contributed by atoms with Crippen molar-refractivity contribution in [3.8, 4) is 5.75 Å². The Bertz CT molecular complexity index is 758. The second-order valence-corrected chi connectivity index (χ2v) is 6.82. The minimum atomic E-state index is -0.504. The smallest absolute Gasteiger partial charge is 0.254 e. The number of likely N-dealkylation sites (N-methyl/N-ethyl adjacent to an activating group) is 1. The summed E-state index contributed by atoms with van der Waals surface area (Å²) in [6, 6.07) is 14.0. The molecule has 2 aromatic carbocycles. The lowest BCUT2D eigenvalue weighted by atomic mass is 10.0. The molecule has 1 aliphatic heterocycles. The highest BCUT2D eigenvalue weighted by molar-refractivity contribution is 5.94. The Balaban J connectivity index is 1.75. The van der Waals surface area contributed by atoms with Crippen molar-refractivity contribution in [1.82, 2.24) is 15.1 Å². The van der Waals surface area contributed by atoms with E-state index in [0.717, 1.165) is 37.5 Å². The van der Waals surface area contributed by atoms with E-state index in [2.05, 4.69) is 22.2 Å². The van der Waals surface area contributed by atoms with Crippen molar-refractivity contribution >= 4 is 5.91 Å². The molecular weight excluding hydrogens is 345 g/mol. The fraction of sp³-hybridized carbons (Fsp3) is 0.381. The average molecular weight is 371 g/mol. The standard InChI is InChI=1S/C21H26FN3O2/c1-24-11-13-25(14-12-24)20(16-7-9-17(27-2)10-8-16)15-23-21(26)18-5-3-4-6-19(18)22/h3-10,20H,11-15H2,1-2H3,(H,23,26). The lowest BCUT2D eigenvalue weighted by molar-refractivity contribution is 0.0883. The third-order valence-electron chi connectivity index (χ3n) is 5.05. The van der Waals surface area contributed by atoms with Gasteiger partial charge in [-0.3, -0.25) is 9.69 Å². The summed E-state index contributed by atoms with van der Waals surface area (Å²) in [7, 11) is 3.75. The summed E-state index contributed by atoms with van der Waals surface area (Å²) in [6.07, 6.45) is 0. The first-order valence-electron chi connectivity index (χ1n) is 9.17. The second-order valence-electron chi connectivity index (χ2n) is 6.82. The Morgan fingerprint density at radius 3 is 2.41 bits per heavy atom. The number of hydrogen-bond acceptors (Lipinski definition) is 4. The van der Waals surface area contributed by atoms with Gasteiger partial charge in [-0.1, -0.05) is 24.3 Å². The SMILES string of the molecule is COc1ccc(C(CNC(=O)c2ccccc2F)N2CCN(C)CC2)cc1. The second kappa shape index (κ2) is 8.97. The van der Waals surface area contributed by atoms with E-state index in [9.17, 15) is 9.18 Å². The van der Waals surface area contributed by atoms with Crippen LogP contribution in [-0.2, 0) is 0 Å². The highest BCUT2D eigenvalue weighted by Gasteiger charge is 2.25. The molecule has 6 heteroatoms. The molecular formula is C21H26FN3O2. The van der Waals surface area contributed by atoms with Gasteiger partial charge in [0.2, 0.25) is 0 Å². The molecule has 1 atom stereocenters. The van der Waals surface area contributed by atoms with Crippen molar-refractivity contribution in [2.75, 3.05) is 46.9 Å². The van der Waals surface area contributed by atoms with Crippen molar-refractivity contribution in [2.24, 2.45) is 0 Å². The van der Waals surface area contributed by atoms with Crippen LogP contribution >= 0.6 is 0 Å². The number of rotatable bonds is 6. The molecule has 0 saturated carbocycles. The highest BCUT2D eigenvalue weighted by Crippen LogP contribution is 2.24. The molecule has 0 radical (unpaired) electrons. The normalized spacial score (nSPS) is 16.7. The van der Waals surface area contributed by atoms with Crippen molar-refractivity contribution < 1.29 is 13.9 Å². The molecule has 1 amide bonds. The summed E-state index contributed by atoms with van der Waals surface area (Å²) in [6.45, 7) is 4.22. The molecule has 1 aliphatic rings.